The fourth-order valence-corrected chi connectivity index (χ4v) is 1.53. The third-order valence-corrected chi connectivity index (χ3v) is 2.60. The molecule has 0 heterocycles. The lowest BCUT2D eigenvalue weighted by Gasteiger charge is -2.16. The molecule has 0 spiro atoms. The van der Waals surface area contributed by atoms with Crippen LogP contribution in [0.1, 0.15) is 18.9 Å². The summed E-state index contributed by atoms with van der Waals surface area (Å²) in [6.45, 7) is 1.82. The molecule has 0 aliphatic rings. The number of anilines is 1. The summed E-state index contributed by atoms with van der Waals surface area (Å²) >= 11 is 5.74. The quantitative estimate of drug-likeness (QED) is 0.820. The van der Waals surface area contributed by atoms with Crippen molar-refractivity contribution >= 4 is 17.3 Å². The normalized spacial score (nSPS) is 13.7. The third kappa shape index (κ3) is 5.28. The first-order valence-electron chi connectivity index (χ1n) is 5.12. The van der Waals surface area contributed by atoms with Crippen LogP contribution in [0, 0.1) is 0 Å². The zero-order valence-electron chi connectivity index (χ0n) is 9.31. The van der Waals surface area contributed by atoms with Crippen LogP contribution in [-0.4, -0.2) is 12.2 Å². The molecule has 0 radical (unpaired) electrons. The zero-order valence-corrected chi connectivity index (χ0v) is 10.1. The maximum atomic E-state index is 12.1. The van der Waals surface area contributed by atoms with Crippen molar-refractivity contribution in [3.63, 3.8) is 0 Å². The first-order chi connectivity index (χ1) is 7.78. The number of alkyl halides is 3. The van der Waals surface area contributed by atoms with E-state index in [0.717, 1.165) is 5.56 Å². The lowest BCUT2D eigenvalue weighted by atomic mass is 10.1. The summed E-state index contributed by atoms with van der Waals surface area (Å²) < 4.78 is 36.2. The van der Waals surface area contributed by atoms with Gasteiger partial charge < -0.3 is 11.1 Å². The molecule has 0 saturated carbocycles. The molecule has 6 heteroatoms. The molecule has 1 aromatic carbocycles. The van der Waals surface area contributed by atoms with Gasteiger partial charge in [-0.1, -0.05) is 17.7 Å². The molecule has 0 amide bonds. The van der Waals surface area contributed by atoms with E-state index in [1.54, 1.807) is 18.2 Å². The summed E-state index contributed by atoms with van der Waals surface area (Å²) in [5.74, 6) is 0. The van der Waals surface area contributed by atoms with Gasteiger partial charge in [-0.3, -0.25) is 0 Å². The third-order valence-electron chi connectivity index (χ3n) is 2.25. The lowest BCUT2D eigenvalue weighted by Crippen LogP contribution is -2.30. The van der Waals surface area contributed by atoms with E-state index < -0.39 is 18.6 Å². The molecule has 0 saturated heterocycles. The van der Waals surface area contributed by atoms with Gasteiger partial charge in [0.15, 0.2) is 0 Å². The summed E-state index contributed by atoms with van der Waals surface area (Å²) in [7, 11) is 0. The monoisotopic (exact) mass is 266 g/mol. The van der Waals surface area contributed by atoms with E-state index in [4.69, 9.17) is 17.3 Å². The Bertz CT molecular complexity index is 379. The van der Waals surface area contributed by atoms with Gasteiger partial charge in [-0.25, -0.2) is 0 Å². The average Bonchev–Trinajstić information content (AvgIpc) is 2.17. The van der Waals surface area contributed by atoms with Crippen molar-refractivity contribution in [1.82, 2.24) is 5.32 Å². The van der Waals surface area contributed by atoms with E-state index in [1.807, 2.05) is 0 Å². The predicted molar refractivity (Wildman–Crippen MR) is 62.8 cm³/mol. The Morgan fingerprint density at radius 2 is 2.06 bits per heavy atom. The maximum absolute atomic E-state index is 12.1. The van der Waals surface area contributed by atoms with Gasteiger partial charge in [-0.2, -0.15) is 13.2 Å². The van der Waals surface area contributed by atoms with Gasteiger partial charge in [0.1, 0.15) is 0 Å². The Morgan fingerprint density at radius 1 is 1.41 bits per heavy atom. The Labute approximate surface area is 103 Å². The van der Waals surface area contributed by atoms with Crippen LogP contribution < -0.4 is 11.1 Å². The largest absolute Gasteiger partial charge is 0.398 e. The minimum Gasteiger partial charge on any atom is -0.398 e. The summed E-state index contributed by atoms with van der Waals surface area (Å²) in [6.07, 6.45) is -5.00. The zero-order chi connectivity index (χ0) is 13.1. The highest BCUT2D eigenvalue weighted by Crippen LogP contribution is 2.22. The molecule has 3 N–H and O–H groups in total. The first kappa shape index (κ1) is 14.1. The second-order valence-corrected chi connectivity index (χ2v) is 4.36. The van der Waals surface area contributed by atoms with Gasteiger partial charge in [-0.05, 0) is 24.6 Å². The van der Waals surface area contributed by atoms with Crippen LogP contribution in [0.2, 0.25) is 5.02 Å². The highest BCUT2D eigenvalue weighted by Gasteiger charge is 2.29. The molecule has 0 fully saturated rings. The summed E-state index contributed by atoms with van der Waals surface area (Å²) in [4.78, 5) is 0. The summed E-state index contributed by atoms with van der Waals surface area (Å²) in [5.41, 5.74) is 6.82. The van der Waals surface area contributed by atoms with Crippen LogP contribution >= 0.6 is 11.6 Å². The van der Waals surface area contributed by atoms with Gasteiger partial charge in [0.05, 0.1) is 17.1 Å². The maximum Gasteiger partial charge on any atom is 0.390 e. The topological polar surface area (TPSA) is 38.0 Å². The molecule has 1 atom stereocenters. The van der Waals surface area contributed by atoms with Gasteiger partial charge in [-0.15, -0.1) is 0 Å². The average molecular weight is 267 g/mol. The summed E-state index contributed by atoms with van der Waals surface area (Å²) in [5, 5.41) is 3.23. The first-order valence-corrected chi connectivity index (χ1v) is 5.50. The number of benzene rings is 1. The predicted octanol–water partition coefficient (Wildman–Crippen LogP) is 3.35. The Balaban J connectivity index is 2.47. The van der Waals surface area contributed by atoms with E-state index in [-0.39, 0.29) is 0 Å². The van der Waals surface area contributed by atoms with Gasteiger partial charge in [0, 0.05) is 12.6 Å². The fraction of sp³-hybridized carbons (Fsp3) is 0.455. The second kappa shape index (κ2) is 5.60. The molecule has 2 nitrogen and oxygen atoms in total. The van der Waals surface area contributed by atoms with Crippen LogP contribution in [0.4, 0.5) is 18.9 Å². The van der Waals surface area contributed by atoms with Crippen molar-refractivity contribution in [3.8, 4) is 0 Å². The van der Waals surface area contributed by atoms with E-state index in [1.165, 1.54) is 6.92 Å². The smallest absolute Gasteiger partial charge is 0.390 e. The number of halogens is 4. The van der Waals surface area contributed by atoms with Crippen LogP contribution in [0.5, 0.6) is 0 Å². The summed E-state index contributed by atoms with van der Waals surface area (Å²) in [6, 6.07) is 4.37. The van der Waals surface area contributed by atoms with Crippen LogP contribution in [0.15, 0.2) is 18.2 Å². The standard InChI is InChI=1S/C11H14ClF3N2/c1-7(5-11(13,14)15)17-6-8-2-3-9(12)10(16)4-8/h2-4,7,17H,5-6,16H2,1H3. The van der Waals surface area contributed by atoms with Crippen molar-refractivity contribution in [2.45, 2.75) is 32.1 Å². The molecule has 1 rings (SSSR count). The fourth-order valence-electron chi connectivity index (χ4n) is 1.41. The Hall–Kier alpha value is -0.940. The highest BCUT2D eigenvalue weighted by molar-refractivity contribution is 6.33. The van der Waals surface area contributed by atoms with Crippen molar-refractivity contribution in [2.75, 3.05) is 5.73 Å². The SMILES string of the molecule is CC(CC(F)(F)F)NCc1ccc(Cl)c(N)c1. The van der Waals surface area contributed by atoms with E-state index in [0.29, 0.717) is 17.3 Å². The number of nitrogen functional groups attached to an aromatic ring is 1. The molecule has 1 aromatic rings. The minimum atomic E-state index is -4.15. The van der Waals surface area contributed by atoms with Crippen LogP contribution in [0.3, 0.4) is 0 Å². The molecule has 0 bridgehead atoms. The molecule has 0 aliphatic carbocycles. The molecular weight excluding hydrogens is 253 g/mol. The highest BCUT2D eigenvalue weighted by atomic mass is 35.5. The number of nitrogens with two attached hydrogens (primary N) is 1. The van der Waals surface area contributed by atoms with Crippen molar-refractivity contribution < 1.29 is 13.2 Å². The lowest BCUT2D eigenvalue weighted by molar-refractivity contribution is -0.139. The Morgan fingerprint density at radius 3 is 2.59 bits per heavy atom. The number of rotatable bonds is 4. The Kier molecular flexibility index (Phi) is 4.65. The second-order valence-electron chi connectivity index (χ2n) is 3.96. The molecule has 0 aliphatic heterocycles. The molecule has 0 aromatic heterocycles. The van der Waals surface area contributed by atoms with Crippen LogP contribution in [-0.2, 0) is 6.54 Å². The van der Waals surface area contributed by atoms with Gasteiger partial charge >= 0.3 is 6.18 Å². The van der Waals surface area contributed by atoms with Crippen molar-refractivity contribution in [3.05, 3.63) is 28.8 Å². The molecule has 17 heavy (non-hydrogen) atoms. The number of hydrogen-bond donors (Lipinski definition) is 2. The van der Waals surface area contributed by atoms with Crippen molar-refractivity contribution in [1.29, 1.82) is 0 Å². The van der Waals surface area contributed by atoms with Gasteiger partial charge in [0.25, 0.3) is 0 Å². The molecular formula is C11H14ClF3N2. The van der Waals surface area contributed by atoms with Gasteiger partial charge in [0.2, 0.25) is 0 Å². The van der Waals surface area contributed by atoms with Crippen LogP contribution in [0.25, 0.3) is 0 Å². The molecule has 1 unspecified atom stereocenters. The minimum absolute atomic E-state index is 0.332. The van der Waals surface area contributed by atoms with E-state index >= 15 is 0 Å². The van der Waals surface area contributed by atoms with E-state index in [9.17, 15) is 13.2 Å². The number of nitrogens with one attached hydrogen (secondary N) is 1. The number of hydrogen-bond acceptors (Lipinski definition) is 2. The van der Waals surface area contributed by atoms with Crippen molar-refractivity contribution in [2.24, 2.45) is 0 Å². The van der Waals surface area contributed by atoms with E-state index in [2.05, 4.69) is 5.32 Å². The molecule has 96 valence electrons.